The molecule has 6 rings (SSSR count). The largest absolute Gasteiger partial charge is 0.490 e. The van der Waals surface area contributed by atoms with Crippen LogP contribution in [-0.2, 0) is 11.3 Å². The summed E-state index contributed by atoms with van der Waals surface area (Å²) < 4.78 is 6.43. The van der Waals surface area contributed by atoms with Crippen LogP contribution in [0.3, 0.4) is 0 Å². The number of carboxylic acids is 1. The Morgan fingerprint density at radius 1 is 0.886 bits per heavy atom. The van der Waals surface area contributed by atoms with Crippen LogP contribution in [0.2, 0.25) is 0 Å². The average Bonchev–Trinajstić information content (AvgIpc) is 3.31. The second-order valence-corrected chi connectivity index (χ2v) is 12.3. The second kappa shape index (κ2) is 9.76. The summed E-state index contributed by atoms with van der Waals surface area (Å²) in [6, 6.07) is 13.5. The summed E-state index contributed by atoms with van der Waals surface area (Å²) in [4.78, 5) is 13.9. The highest BCUT2D eigenvalue weighted by molar-refractivity contribution is 5.84. The fraction of sp³-hybridized carbons (Fsp3) is 0.645. The van der Waals surface area contributed by atoms with Gasteiger partial charge < -0.3 is 9.84 Å². The normalized spacial score (nSPS) is 27.8. The van der Waals surface area contributed by atoms with Gasteiger partial charge in [0, 0.05) is 19.6 Å². The molecular formula is C31H41NO3. The van der Waals surface area contributed by atoms with Crippen molar-refractivity contribution in [2.75, 3.05) is 13.1 Å². The minimum atomic E-state index is -0.591. The van der Waals surface area contributed by atoms with Gasteiger partial charge in [-0.15, -0.1) is 0 Å². The smallest absolute Gasteiger partial charge is 0.306 e. The molecule has 2 aromatic carbocycles. The van der Waals surface area contributed by atoms with Crippen molar-refractivity contribution in [3.8, 4) is 5.75 Å². The van der Waals surface area contributed by atoms with E-state index >= 15 is 0 Å². The lowest BCUT2D eigenvalue weighted by atomic mass is 9.72. The summed E-state index contributed by atoms with van der Waals surface area (Å²) in [7, 11) is 0. The van der Waals surface area contributed by atoms with Gasteiger partial charge in [0.25, 0.3) is 0 Å². The Morgan fingerprint density at radius 3 is 2.40 bits per heavy atom. The first-order chi connectivity index (χ1) is 17.1. The first kappa shape index (κ1) is 23.3. The number of hydrogen-bond acceptors (Lipinski definition) is 3. The molecule has 1 aliphatic heterocycles. The van der Waals surface area contributed by atoms with Gasteiger partial charge in [0.2, 0.25) is 0 Å². The molecule has 1 spiro atoms. The van der Waals surface area contributed by atoms with Crippen LogP contribution in [0.4, 0.5) is 0 Å². The van der Waals surface area contributed by atoms with E-state index in [4.69, 9.17) is 4.74 Å². The SMILES string of the molecule is O=C(O)C1CCCC(C2CN(Cc3ccc4cc(OC5CCC6(CCCC6)CC5)ccc4c3)C2)C1. The molecule has 35 heavy (non-hydrogen) atoms. The Bertz CT molecular complexity index is 1040. The quantitative estimate of drug-likeness (QED) is 0.487. The average molecular weight is 476 g/mol. The Kier molecular flexibility index (Phi) is 6.51. The predicted octanol–water partition coefficient (Wildman–Crippen LogP) is 7.04. The number of ether oxygens (including phenoxy) is 1. The zero-order chi connectivity index (χ0) is 23.8. The molecule has 2 atom stereocenters. The second-order valence-electron chi connectivity index (χ2n) is 12.3. The van der Waals surface area contributed by atoms with E-state index in [-0.39, 0.29) is 5.92 Å². The molecule has 2 aromatic rings. The highest BCUT2D eigenvalue weighted by Gasteiger charge is 2.39. The summed E-state index contributed by atoms with van der Waals surface area (Å²) >= 11 is 0. The molecule has 1 heterocycles. The van der Waals surface area contributed by atoms with Crippen LogP contribution in [0.15, 0.2) is 36.4 Å². The lowest BCUT2D eigenvalue weighted by Crippen LogP contribution is -2.50. The number of likely N-dealkylation sites (tertiary alicyclic amines) is 1. The van der Waals surface area contributed by atoms with Gasteiger partial charge in [0.1, 0.15) is 5.75 Å². The minimum Gasteiger partial charge on any atom is -0.490 e. The standard InChI is InChI=1S/C31H41NO3/c33-30(34)26-5-3-4-23(17-26)27-20-32(21-27)19-22-6-7-25-18-29(9-8-24(25)16-22)35-28-10-14-31(15-11-28)12-1-2-13-31/h6-9,16,18,23,26-28H,1-5,10-15,17,19-21H2,(H,33,34). The van der Waals surface area contributed by atoms with Gasteiger partial charge in [-0.2, -0.15) is 0 Å². The number of carboxylic acid groups (broad SMARTS) is 1. The summed E-state index contributed by atoms with van der Waals surface area (Å²) in [5.74, 6) is 1.60. The highest BCUT2D eigenvalue weighted by atomic mass is 16.5. The van der Waals surface area contributed by atoms with E-state index in [9.17, 15) is 9.90 Å². The summed E-state index contributed by atoms with van der Waals surface area (Å²) in [5.41, 5.74) is 2.03. The zero-order valence-electron chi connectivity index (χ0n) is 21.1. The first-order valence-corrected chi connectivity index (χ1v) is 14.2. The molecule has 188 valence electrons. The third-order valence-corrected chi connectivity index (χ3v) is 9.96. The van der Waals surface area contributed by atoms with Crippen molar-refractivity contribution in [1.29, 1.82) is 0 Å². The van der Waals surface area contributed by atoms with E-state index in [1.54, 1.807) is 0 Å². The van der Waals surface area contributed by atoms with Crippen molar-refractivity contribution >= 4 is 16.7 Å². The van der Waals surface area contributed by atoms with Gasteiger partial charge >= 0.3 is 5.97 Å². The third-order valence-electron chi connectivity index (χ3n) is 9.96. The van der Waals surface area contributed by atoms with Crippen LogP contribution >= 0.6 is 0 Å². The molecule has 1 saturated heterocycles. The fourth-order valence-electron chi connectivity index (χ4n) is 7.76. The molecule has 4 nitrogen and oxygen atoms in total. The van der Waals surface area contributed by atoms with Gasteiger partial charge in [-0.05, 0) is 103 Å². The Balaban J connectivity index is 1.01. The van der Waals surface area contributed by atoms with Crippen LogP contribution in [0.1, 0.15) is 82.6 Å². The lowest BCUT2D eigenvalue weighted by Gasteiger charge is -2.45. The first-order valence-electron chi connectivity index (χ1n) is 14.2. The number of rotatable bonds is 6. The van der Waals surface area contributed by atoms with E-state index in [2.05, 4.69) is 41.3 Å². The Labute approximate surface area is 210 Å². The van der Waals surface area contributed by atoms with E-state index in [0.717, 1.165) is 44.6 Å². The molecule has 2 unspecified atom stereocenters. The van der Waals surface area contributed by atoms with Gasteiger partial charge in [-0.3, -0.25) is 9.69 Å². The lowest BCUT2D eigenvalue weighted by molar-refractivity contribution is -0.144. The maximum atomic E-state index is 11.4. The number of fused-ring (bicyclic) bond motifs is 1. The molecule has 0 amide bonds. The monoisotopic (exact) mass is 475 g/mol. The number of hydrogen-bond donors (Lipinski definition) is 1. The van der Waals surface area contributed by atoms with E-state index in [1.165, 1.54) is 74.1 Å². The summed E-state index contributed by atoms with van der Waals surface area (Å²) in [6.07, 6.45) is 15.3. The van der Waals surface area contributed by atoms with Crippen LogP contribution in [0.5, 0.6) is 5.75 Å². The topological polar surface area (TPSA) is 49.8 Å². The number of aliphatic carboxylic acids is 1. The Hall–Kier alpha value is -2.07. The van der Waals surface area contributed by atoms with Crippen molar-refractivity contribution in [2.45, 2.75) is 89.7 Å². The van der Waals surface area contributed by atoms with Crippen molar-refractivity contribution in [1.82, 2.24) is 4.90 Å². The highest BCUT2D eigenvalue weighted by Crippen LogP contribution is 2.49. The molecule has 0 bridgehead atoms. The zero-order valence-corrected chi connectivity index (χ0v) is 21.1. The summed E-state index contributed by atoms with van der Waals surface area (Å²) in [5, 5.41) is 11.9. The van der Waals surface area contributed by atoms with Gasteiger partial charge in [0.05, 0.1) is 12.0 Å². The fourth-order valence-corrected chi connectivity index (χ4v) is 7.76. The van der Waals surface area contributed by atoms with Gasteiger partial charge in [0.15, 0.2) is 0 Å². The van der Waals surface area contributed by atoms with E-state index < -0.39 is 5.97 Å². The minimum absolute atomic E-state index is 0.112. The Morgan fingerprint density at radius 2 is 1.63 bits per heavy atom. The van der Waals surface area contributed by atoms with Crippen LogP contribution in [0, 0.1) is 23.2 Å². The molecule has 4 aliphatic rings. The molecule has 3 aliphatic carbocycles. The van der Waals surface area contributed by atoms with E-state index in [1.807, 2.05) is 0 Å². The van der Waals surface area contributed by atoms with E-state index in [0.29, 0.717) is 23.4 Å². The number of carbonyl (C=O) groups is 1. The third kappa shape index (κ3) is 5.09. The number of benzene rings is 2. The maximum Gasteiger partial charge on any atom is 0.306 e. The van der Waals surface area contributed by atoms with Crippen molar-refractivity contribution < 1.29 is 14.6 Å². The molecule has 0 aromatic heterocycles. The van der Waals surface area contributed by atoms with Crippen molar-refractivity contribution in [2.24, 2.45) is 23.2 Å². The number of nitrogens with zero attached hydrogens (tertiary/aromatic N) is 1. The molecular weight excluding hydrogens is 434 g/mol. The molecule has 3 saturated carbocycles. The molecule has 0 radical (unpaired) electrons. The molecule has 4 heteroatoms. The van der Waals surface area contributed by atoms with Crippen LogP contribution in [-0.4, -0.2) is 35.2 Å². The maximum absolute atomic E-state index is 11.4. The van der Waals surface area contributed by atoms with Gasteiger partial charge in [-0.1, -0.05) is 43.9 Å². The van der Waals surface area contributed by atoms with Crippen molar-refractivity contribution in [3.05, 3.63) is 42.0 Å². The van der Waals surface area contributed by atoms with Gasteiger partial charge in [-0.25, -0.2) is 0 Å². The molecule has 4 fully saturated rings. The summed E-state index contributed by atoms with van der Waals surface area (Å²) in [6.45, 7) is 3.22. The van der Waals surface area contributed by atoms with Crippen LogP contribution < -0.4 is 4.74 Å². The predicted molar refractivity (Wildman–Crippen MR) is 140 cm³/mol. The van der Waals surface area contributed by atoms with Crippen molar-refractivity contribution in [3.63, 3.8) is 0 Å². The van der Waals surface area contributed by atoms with Crippen LogP contribution in [0.25, 0.3) is 10.8 Å². The molecule has 1 N–H and O–H groups in total.